The van der Waals surface area contributed by atoms with E-state index in [-0.39, 0.29) is 6.42 Å². The van der Waals surface area contributed by atoms with Gasteiger partial charge in [-0.25, -0.2) is 9.37 Å². The van der Waals surface area contributed by atoms with E-state index < -0.39 is 11.6 Å². The highest BCUT2D eigenvalue weighted by Crippen LogP contribution is 2.29. The van der Waals surface area contributed by atoms with Gasteiger partial charge < -0.3 is 5.11 Å². The van der Waals surface area contributed by atoms with Crippen molar-refractivity contribution >= 4 is 17.3 Å². The van der Waals surface area contributed by atoms with E-state index in [1.54, 1.807) is 0 Å². The van der Waals surface area contributed by atoms with Crippen LogP contribution in [0.1, 0.15) is 23.7 Å². The number of aliphatic carboxylic acids is 1. The van der Waals surface area contributed by atoms with E-state index >= 15 is 0 Å². The van der Waals surface area contributed by atoms with Crippen LogP contribution in [-0.2, 0) is 16.9 Å². The first-order valence-electron chi connectivity index (χ1n) is 3.75. The largest absolute Gasteiger partial charge is 0.481 e. The van der Waals surface area contributed by atoms with Crippen LogP contribution in [-0.4, -0.2) is 16.1 Å². The molecule has 5 heteroatoms. The van der Waals surface area contributed by atoms with Crippen LogP contribution in [0.2, 0.25) is 0 Å². The molecule has 1 heterocycles. The number of rotatable bonds is 3. The molecule has 1 N–H and O–H groups in total. The molecular weight excluding hydrogens is 193 g/mol. The summed E-state index contributed by atoms with van der Waals surface area (Å²) in [6, 6.07) is 0. The molecule has 0 atom stereocenters. The topological polar surface area (TPSA) is 50.2 Å². The molecule has 0 aliphatic rings. The summed E-state index contributed by atoms with van der Waals surface area (Å²) in [6.45, 7) is 2.84. The summed E-state index contributed by atoms with van der Waals surface area (Å²) in [7, 11) is 0. The lowest BCUT2D eigenvalue weighted by atomic mass is 10.1. The summed E-state index contributed by atoms with van der Waals surface area (Å²) < 4.78 is 13.3. The maximum Gasteiger partial charge on any atom is 0.310 e. The Morgan fingerprint density at radius 1 is 1.77 bits per heavy atom. The van der Waals surface area contributed by atoms with E-state index in [1.807, 2.05) is 0 Å². The van der Waals surface area contributed by atoms with Crippen molar-refractivity contribution in [1.82, 2.24) is 4.98 Å². The Balaban J connectivity index is 2.81. The SMILES string of the molecule is CC(C)(F)c1cnc(CC(=O)O)s1. The van der Waals surface area contributed by atoms with Crippen LogP contribution in [0.5, 0.6) is 0 Å². The molecule has 72 valence electrons. The second-order valence-electron chi connectivity index (χ2n) is 3.16. The van der Waals surface area contributed by atoms with E-state index in [1.165, 1.54) is 20.0 Å². The van der Waals surface area contributed by atoms with Crippen molar-refractivity contribution in [3.05, 3.63) is 16.1 Å². The predicted molar refractivity (Wildman–Crippen MR) is 47.6 cm³/mol. The van der Waals surface area contributed by atoms with Crippen molar-refractivity contribution in [3.63, 3.8) is 0 Å². The molecule has 1 aromatic rings. The molecule has 0 radical (unpaired) electrons. The molecule has 3 nitrogen and oxygen atoms in total. The average Bonchev–Trinajstić information content (AvgIpc) is 2.32. The first-order chi connectivity index (χ1) is 5.89. The van der Waals surface area contributed by atoms with Crippen molar-refractivity contribution in [2.45, 2.75) is 25.9 Å². The third kappa shape index (κ3) is 2.77. The van der Waals surface area contributed by atoms with Crippen LogP contribution < -0.4 is 0 Å². The number of hydrogen-bond donors (Lipinski definition) is 1. The number of thiazole rings is 1. The lowest BCUT2D eigenvalue weighted by Gasteiger charge is -2.09. The highest BCUT2D eigenvalue weighted by molar-refractivity contribution is 7.11. The van der Waals surface area contributed by atoms with Crippen molar-refractivity contribution in [1.29, 1.82) is 0 Å². The maximum absolute atomic E-state index is 13.3. The second-order valence-corrected chi connectivity index (χ2v) is 4.28. The lowest BCUT2D eigenvalue weighted by Crippen LogP contribution is -2.05. The van der Waals surface area contributed by atoms with Crippen LogP contribution in [0.15, 0.2) is 6.20 Å². The van der Waals surface area contributed by atoms with Gasteiger partial charge in [-0.15, -0.1) is 11.3 Å². The van der Waals surface area contributed by atoms with Gasteiger partial charge in [0, 0.05) is 6.20 Å². The fraction of sp³-hybridized carbons (Fsp3) is 0.500. The highest BCUT2D eigenvalue weighted by Gasteiger charge is 2.22. The molecule has 0 amide bonds. The molecule has 0 saturated carbocycles. The standard InChI is InChI=1S/C8H10FNO2S/c1-8(2,9)5-4-10-6(13-5)3-7(11)12/h4H,3H2,1-2H3,(H,11,12). The first kappa shape index (κ1) is 10.1. The first-order valence-corrected chi connectivity index (χ1v) is 4.57. The van der Waals surface area contributed by atoms with Crippen LogP contribution in [0.3, 0.4) is 0 Å². The number of nitrogens with zero attached hydrogens (tertiary/aromatic N) is 1. The number of carbonyl (C=O) groups is 1. The summed E-state index contributed by atoms with van der Waals surface area (Å²) in [5.74, 6) is -0.947. The Morgan fingerprint density at radius 2 is 2.38 bits per heavy atom. The quantitative estimate of drug-likeness (QED) is 0.817. The minimum Gasteiger partial charge on any atom is -0.481 e. The van der Waals surface area contributed by atoms with Crippen molar-refractivity contribution in [2.24, 2.45) is 0 Å². The zero-order valence-corrected chi connectivity index (χ0v) is 8.19. The van der Waals surface area contributed by atoms with Gasteiger partial charge in [0.05, 0.1) is 11.3 Å². The van der Waals surface area contributed by atoms with Gasteiger partial charge in [-0.1, -0.05) is 0 Å². The molecule has 1 rings (SSSR count). The number of aromatic nitrogens is 1. The Labute approximate surface area is 79.2 Å². The number of carboxylic acids is 1. The zero-order valence-electron chi connectivity index (χ0n) is 7.37. The summed E-state index contributed by atoms with van der Waals surface area (Å²) in [5.41, 5.74) is -1.44. The van der Waals surface area contributed by atoms with E-state index in [9.17, 15) is 9.18 Å². The van der Waals surface area contributed by atoms with Crippen LogP contribution in [0.25, 0.3) is 0 Å². The zero-order chi connectivity index (χ0) is 10.1. The normalized spacial score (nSPS) is 11.6. The Kier molecular flexibility index (Phi) is 2.66. The summed E-state index contributed by atoms with van der Waals surface area (Å²) in [5, 5.41) is 8.89. The van der Waals surface area contributed by atoms with Crippen molar-refractivity contribution in [3.8, 4) is 0 Å². The number of hydrogen-bond acceptors (Lipinski definition) is 3. The van der Waals surface area contributed by atoms with Crippen LogP contribution >= 0.6 is 11.3 Å². The van der Waals surface area contributed by atoms with Gasteiger partial charge in [-0.3, -0.25) is 4.79 Å². The molecule has 0 aliphatic carbocycles. The number of carboxylic acid groups (broad SMARTS) is 1. The van der Waals surface area contributed by atoms with Gasteiger partial charge >= 0.3 is 5.97 Å². The molecule has 0 bridgehead atoms. The summed E-state index contributed by atoms with van der Waals surface area (Å²) in [4.78, 5) is 14.6. The Hall–Kier alpha value is -0.970. The van der Waals surface area contributed by atoms with Crippen molar-refractivity contribution in [2.75, 3.05) is 0 Å². The minimum absolute atomic E-state index is 0.138. The van der Waals surface area contributed by atoms with Gasteiger partial charge in [0.15, 0.2) is 0 Å². The molecule has 0 aliphatic heterocycles. The molecule has 0 aromatic carbocycles. The van der Waals surface area contributed by atoms with E-state index in [2.05, 4.69) is 4.98 Å². The van der Waals surface area contributed by atoms with Crippen molar-refractivity contribution < 1.29 is 14.3 Å². The Bertz CT molecular complexity index is 316. The van der Waals surface area contributed by atoms with E-state index in [4.69, 9.17) is 5.11 Å². The summed E-state index contributed by atoms with van der Waals surface area (Å²) >= 11 is 1.10. The molecule has 0 spiro atoms. The monoisotopic (exact) mass is 203 g/mol. The molecule has 0 saturated heterocycles. The number of alkyl halides is 1. The minimum atomic E-state index is -1.44. The third-order valence-electron chi connectivity index (χ3n) is 1.44. The van der Waals surface area contributed by atoms with Gasteiger partial charge in [0.25, 0.3) is 0 Å². The lowest BCUT2D eigenvalue weighted by molar-refractivity contribution is -0.136. The number of halogens is 1. The predicted octanol–water partition coefficient (Wildman–Crippen LogP) is 1.97. The molecule has 0 fully saturated rings. The van der Waals surface area contributed by atoms with Crippen LogP contribution in [0, 0.1) is 0 Å². The third-order valence-corrected chi connectivity index (χ3v) is 2.74. The highest BCUT2D eigenvalue weighted by atomic mass is 32.1. The average molecular weight is 203 g/mol. The molecule has 1 aromatic heterocycles. The van der Waals surface area contributed by atoms with Gasteiger partial charge in [-0.05, 0) is 13.8 Å². The maximum atomic E-state index is 13.3. The van der Waals surface area contributed by atoms with Gasteiger partial charge in [0.2, 0.25) is 0 Å². The Morgan fingerprint density at radius 3 is 2.77 bits per heavy atom. The fourth-order valence-corrected chi connectivity index (χ4v) is 1.70. The van der Waals surface area contributed by atoms with E-state index in [0.717, 1.165) is 11.3 Å². The molecule has 0 unspecified atom stereocenters. The molecular formula is C8H10FNO2S. The van der Waals surface area contributed by atoms with E-state index in [0.29, 0.717) is 9.88 Å². The van der Waals surface area contributed by atoms with Crippen LogP contribution in [0.4, 0.5) is 4.39 Å². The van der Waals surface area contributed by atoms with Gasteiger partial charge in [-0.2, -0.15) is 0 Å². The van der Waals surface area contributed by atoms with Gasteiger partial charge in [0.1, 0.15) is 10.7 Å². The fourth-order valence-electron chi connectivity index (χ4n) is 0.796. The summed E-state index contributed by atoms with van der Waals surface area (Å²) in [6.07, 6.45) is 1.25. The second kappa shape index (κ2) is 3.41. The molecule has 13 heavy (non-hydrogen) atoms. The smallest absolute Gasteiger partial charge is 0.310 e.